The van der Waals surface area contributed by atoms with Crippen LogP contribution in [0.3, 0.4) is 0 Å². The lowest BCUT2D eigenvalue weighted by Gasteiger charge is -2.09. The molecule has 0 aliphatic carbocycles. The summed E-state index contributed by atoms with van der Waals surface area (Å²) in [7, 11) is 3.12. The molecule has 1 aromatic heterocycles. The molecule has 0 fully saturated rings. The number of ether oxygens (including phenoxy) is 4. The summed E-state index contributed by atoms with van der Waals surface area (Å²) in [5.41, 5.74) is 0.923. The third-order valence-electron chi connectivity index (χ3n) is 4.28. The molecule has 0 saturated heterocycles. The first kappa shape index (κ1) is 17.3. The number of rotatable bonds is 6. The Hall–Kier alpha value is -3.09. The van der Waals surface area contributed by atoms with Crippen molar-refractivity contribution in [2.24, 2.45) is 0 Å². The van der Waals surface area contributed by atoms with Crippen LogP contribution in [0.5, 0.6) is 11.5 Å². The molecule has 0 aliphatic rings. The Morgan fingerprint density at radius 3 is 2.11 bits per heavy atom. The Bertz CT molecular complexity index is 1180. The summed E-state index contributed by atoms with van der Waals surface area (Å²) in [5, 5.41) is 2.78. The highest BCUT2D eigenvalue weighted by atomic mass is 16.7. The van der Waals surface area contributed by atoms with Crippen LogP contribution < -0.4 is 14.9 Å². The van der Waals surface area contributed by atoms with Crippen LogP contribution in [0, 0.1) is 0 Å². The van der Waals surface area contributed by atoms with Crippen LogP contribution in [-0.2, 0) is 9.47 Å². The topological polar surface area (TPSA) is 67.1 Å². The van der Waals surface area contributed by atoms with Crippen LogP contribution in [0.2, 0.25) is 0 Å². The van der Waals surface area contributed by atoms with Gasteiger partial charge in [-0.05, 0) is 41.8 Å². The molecule has 138 valence electrons. The molecule has 0 N–H and O–H groups in total. The van der Waals surface area contributed by atoms with Gasteiger partial charge in [-0.25, -0.2) is 0 Å². The van der Waals surface area contributed by atoms with Gasteiger partial charge in [0.15, 0.2) is 13.6 Å². The summed E-state index contributed by atoms with van der Waals surface area (Å²) < 4.78 is 26.9. The van der Waals surface area contributed by atoms with Crippen LogP contribution in [0.15, 0.2) is 57.7 Å². The van der Waals surface area contributed by atoms with Crippen molar-refractivity contribution in [2.45, 2.75) is 0 Å². The molecule has 0 radical (unpaired) electrons. The SMILES string of the molecule is COCOc1ccc2c(ccc3c(=O)c4ccc(OCOC)cc4oc32)c1. The van der Waals surface area contributed by atoms with Gasteiger partial charge in [-0.15, -0.1) is 0 Å². The number of hydrogen-bond acceptors (Lipinski definition) is 6. The lowest BCUT2D eigenvalue weighted by Crippen LogP contribution is -2.03. The van der Waals surface area contributed by atoms with Gasteiger partial charge in [-0.2, -0.15) is 0 Å². The normalized spacial score (nSPS) is 11.3. The minimum atomic E-state index is -0.0776. The first-order chi connectivity index (χ1) is 13.2. The molecule has 0 saturated carbocycles. The van der Waals surface area contributed by atoms with E-state index in [1.165, 1.54) is 0 Å². The van der Waals surface area contributed by atoms with E-state index < -0.39 is 0 Å². The molecule has 0 spiro atoms. The maximum absolute atomic E-state index is 12.9. The molecule has 0 amide bonds. The van der Waals surface area contributed by atoms with Crippen LogP contribution in [0.25, 0.3) is 32.7 Å². The molecule has 3 aromatic carbocycles. The lowest BCUT2D eigenvalue weighted by atomic mass is 10.0. The molecule has 0 aliphatic heterocycles. The highest BCUT2D eigenvalue weighted by Crippen LogP contribution is 2.30. The predicted octanol–water partition coefficient (Wildman–Crippen LogP) is 4.06. The first-order valence-electron chi connectivity index (χ1n) is 8.38. The zero-order valence-corrected chi connectivity index (χ0v) is 15.0. The lowest BCUT2D eigenvalue weighted by molar-refractivity contribution is 0.0510. The summed E-state index contributed by atoms with van der Waals surface area (Å²) >= 11 is 0. The summed E-state index contributed by atoms with van der Waals surface area (Å²) in [5.74, 6) is 1.25. The van der Waals surface area contributed by atoms with Crippen LogP contribution >= 0.6 is 0 Å². The van der Waals surface area contributed by atoms with E-state index in [9.17, 15) is 4.79 Å². The molecule has 4 aromatic rings. The molecule has 0 bridgehead atoms. The summed E-state index contributed by atoms with van der Waals surface area (Å²) in [6, 6.07) is 14.4. The molecular weight excluding hydrogens is 348 g/mol. The van der Waals surface area contributed by atoms with E-state index in [1.807, 2.05) is 24.3 Å². The van der Waals surface area contributed by atoms with Crippen LogP contribution in [0.1, 0.15) is 0 Å². The first-order valence-corrected chi connectivity index (χ1v) is 8.38. The molecule has 6 heteroatoms. The van der Waals surface area contributed by atoms with Crippen molar-refractivity contribution in [1.82, 2.24) is 0 Å². The van der Waals surface area contributed by atoms with Gasteiger partial charge in [0.25, 0.3) is 0 Å². The predicted molar refractivity (Wildman–Crippen MR) is 103 cm³/mol. The Balaban J connectivity index is 1.91. The quantitative estimate of drug-likeness (QED) is 0.291. The highest BCUT2D eigenvalue weighted by molar-refractivity contribution is 6.06. The molecule has 4 rings (SSSR count). The van der Waals surface area contributed by atoms with E-state index in [0.29, 0.717) is 33.4 Å². The fraction of sp³-hybridized carbons (Fsp3) is 0.190. The Kier molecular flexibility index (Phi) is 4.66. The molecule has 27 heavy (non-hydrogen) atoms. The smallest absolute Gasteiger partial charge is 0.200 e. The molecule has 0 atom stereocenters. The van der Waals surface area contributed by atoms with Crippen molar-refractivity contribution in [3.8, 4) is 11.5 Å². The van der Waals surface area contributed by atoms with Crippen molar-refractivity contribution >= 4 is 32.7 Å². The van der Waals surface area contributed by atoms with E-state index in [1.54, 1.807) is 38.5 Å². The Labute approximate surface area is 154 Å². The zero-order chi connectivity index (χ0) is 18.8. The minimum absolute atomic E-state index is 0.0776. The summed E-state index contributed by atoms with van der Waals surface area (Å²) in [6.45, 7) is 0.291. The molecule has 0 unspecified atom stereocenters. The van der Waals surface area contributed by atoms with Gasteiger partial charge >= 0.3 is 0 Å². The molecular formula is C21H18O6. The molecule has 1 heterocycles. The maximum atomic E-state index is 12.9. The fourth-order valence-electron chi connectivity index (χ4n) is 3.03. The zero-order valence-electron chi connectivity index (χ0n) is 15.0. The second-order valence-electron chi connectivity index (χ2n) is 6.02. The second-order valence-corrected chi connectivity index (χ2v) is 6.02. The number of methoxy groups -OCH3 is 2. The number of hydrogen-bond donors (Lipinski definition) is 0. The standard InChI is InChI=1S/C21H18O6/c1-23-11-25-14-4-7-16-13(9-14)3-6-18-20(22)17-8-5-15(26-12-24-2)10-19(17)27-21(16)18/h3-10H,11-12H2,1-2H3. The van der Waals surface area contributed by atoms with E-state index in [0.717, 1.165) is 10.8 Å². The summed E-state index contributed by atoms with van der Waals surface area (Å²) in [6.07, 6.45) is 0. The maximum Gasteiger partial charge on any atom is 0.200 e. The third kappa shape index (κ3) is 3.20. The van der Waals surface area contributed by atoms with Crippen molar-refractivity contribution in [2.75, 3.05) is 27.8 Å². The van der Waals surface area contributed by atoms with Crippen LogP contribution in [0.4, 0.5) is 0 Å². The average molecular weight is 366 g/mol. The van der Waals surface area contributed by atoms with Gasteiger partial charge in [-0.1, -0.05) is 6.07 Å². The third-order valence-corrected chi connectivity index (χ3v) is 4.28. The Morgan fingerprint density at radius 2 is 1.41 bits per heavy atom. The van der Waals surface area contributed by atoms with Crippen LogP contribution in [-0.4, -0.2) is 27.8 Å². The minimum Gasteiger partial charge on any atom is -0.468 e. The van der Waals surface area contributed by atoms with Gasteiger partial charge in [0, 0.05) is 25.7 Å². The van der Waals surface area contributed by atoms with Crippen molar-refractivity contribution in [3.63, 3.8) is 0 Å². The Morgan fingerprint density at radius 1 is 0.778 bits per heavy atom. The van der Waals surface area contributed by atoms with Crippen molar-refractivity contribution in [3.05, 3.63) is 58.8 Å². The van der Waals surface area contributed by atoms with Gasteiger partial charge in [0.1, 0.15) is 22.7 Å². The van der Waals surface area contributed by atoms with E-state index in [2.05, 4.69) is 0 Å². The van der Waals surface area contributed by atoms with E-state index in [-0.39, 0.29) is 19.0 Å². The number of benzene rings is 3. The largest absolute Gasteiger partial charge is 0.468 e. The molecule has 6 nitrogen and oxygen atoms in total. The van der Waals surface area contributed by atoms with Gasteiger partial charge in [-0.3, -0.25) is 4.79 Å². The second kappa shape index (κ2) is 7.26. The highest BCUT2D eigenvalue weighted by Gasteiger charge is 2.12. The van der Waals surface area contributed by atoms with E-state index in [4.69, 9.17) is 23.4 Å². The van der Waals surface area contributed by atoms with Crippen molar-refractivity contribution < 1.29 is 23.4 Å². The number of fused-ring (bicyclic) bond motifs is 4. The van der Waals surface area contributed by atoms with E-state index >= 15 is 0 Å². The van der Waals surface area contributed by atoms with Gasteiger partial charge in [0.2, 0.25) is 5.43 Å². The summed E-state index contributed by atoms with van der Waals surface area (Å²) in [4.78, 5) is 12.9. The van der Waals surface area contributed by atoms with Gasteiger partial charge in [0.05, 0.1) is 10.8 Å². The van der Waals surface area contributed by atoms with Crippen molar-refractivity contribution in [1.29, 1.82) is 0 Å². The van der Waals surface area contributed by atoms with Gasteiger partial charge < -0.3 is 23.4 Å². The fourth-order valence-corrected chi connectivity index (χ4v) is 3.03. The average Bonchev–Trinajstić information content (AvgIpc) is 2.70. The monoisotopic (exact) mass is 366 g/mol.